The molecule has 0 unspecified atom stereocenters. The van der Waals surface area contributed by atoms with Gasteiger partial charge in [-0.1, -0.05) is 39.0 Å². The smallest absolute Gasteiger partial charge is 0.416 e. The van der Waals surface area contributed by atoms with Crippen LogP contribution in [0.5, 0.6) is 5.75 Å². The van der Waals surface area contributed by atoms with Gasteiger partial charge in [-0.3, -0.25) is 4.79 Å². The van der Waals surface area contributed by atoms with Gasteiger partial charge in [-0.25, -0.2) is 0 Å². The minimum Gasteiger partial charge on any atom is -0.491 e. The Morgan fingerprint density at radius 2 is 1.94 bits per heavy atom. The molecule has 1 aromatic carbocycles. The number of carbonyl (C=O) groups is 1. The van der Waals surface area contributed by atoms with Crippen molar-refractivity contribution in [2.75, 3.05) is 6.61 Å². The highest BCUT2D eigenvalue weighted by atomic mass is 28.4. The van der Waals surface area contributed by atoms with Crippen LogP contribution >= 0.6 is 0 Å². The number of carbonyl (C=O) groups excluding carboxylic acids is 1. The Morgan fingerprint density at radius 3 is 2.58 bits per heavy atom. The second-order valence-electron chi connectivity index (χ2n) is 8.90. The second-order valence-corrected chi connectivity index (χ2v) is 13.6. The molecule has 2 aliphatic rings. The lowest BCUT2D eigenvalue weighted by molar-refractivity contribution is -0.142. The molecule has 0 aromatic heterocycles. The average molecular weight is 487 g/mol. The van der Waals surface area contributed by atoms with E-state index in [2.05, 4.69) is 20.8 Å². The maximum atomic E-state index is 13.0. The molecule has 33 heavy (non-hydrogen) atoms. The van der Waals surface area contributed by atoms with Crippen LogP contribution in [0, 0.1) is 11.8 Å². The zero-order valence-corrected chi connectivity index (χ0v) is 20.3. The maximum Gasteiger partial charge on any atom is 0.416 e. The summed E-state index contributed by atoms with van der Waals surface area (Å²) in [5, 5.41) is 10.5. The standard InChI is InChI=1S/C24H33F3O5Si/c1-4-33(5-2,6-3)32-18(15-30-17-9-7-8-16(12-17)24(25,26)27)10-11-19-20-13-23(29)31-22(20)14-21(19)28/h7-12,18-22,28H,4-6,13-15H2,1-3H3/b11-10+/t18-,19-,20-,21-,22+/m1/s1. The van der Waals surface area contributed by atoms with Crippen LogP contribution in [0.4, 0.5) is 13.2 Å². The molecular weight excluding hydrogens is 453 g/mol. The molecule has 1 N–H and O–H groups in total. The Labute approximate surface area is 194 Å². The highest BCUT2D eigenvalue weighted by molar-refractivity contribution is 6.73. The van der Waals surface area contributed by atoms with E-state index in [1.807, 2.05) is 12.2 Å². The SMILES string of the molecule is CC[Si](CC)(CC)O[C@H](/C=C/[C@@H]1[C@H]2CC(=O)O[C@H]2C[C@H]1O)COc1cccc(C(F)(F)F)c1. The number of benzene rings is 1. The number of alkyl halides is 3. The fourth-order valence-electron chi connectivity index (χ4n) is 4.83. The molecule has 5 nitrogen and oxygen atoms in total. The van der Waals surface area contributed by atoms with Gasteiger partial charge < -0.3 is 19.0 Å². The number of rotatable bonds is 10. The van der Waals surface area contributed by atoms with Gasteiger partial charge in [0.05, 0.1) is 24.2 Å². The van der Waals surface area contributed by atoms with Crippen molar-refractivity contribution in [3.63, 3.8) is 0 Å². The Morgan fingerprint density at radius 1 is 1.24 bits per heavy atom. The molecular formula is C24H33F3O5Si. The fraction of sp³-hybridized carbons (Fsp3) is 0.625. The fourth-order valence-corrected chi connectivity index (χ4v) is 7.62. The van der Waals surface area contributed by atoms with E-state index in [1.54, 1.807) is 0 Å². The molecule has 0 bridgehead atoms. The van der Waals surface area contributed by atoms with Crippen molar-refractivity contribution in [1.82, 2.24) is 0 Å². The van der Waals surface area contributed by atoms with Crippen molar-refractivity contribution in [2.45, 2.75) is 76.2 Å². The quantitative estimate of drug-likeness (QED) is 0.275. The number of halogens is 3. The van der Waals surface area contributed by atoms with Crippen LogP contribution in [-0.2, 0) is 20.1 Å². The van der Waals surface area contributed by atoms with Gasteiger partial charge in [-0.05, 0) is 36.3 Å². The summed E-state index contributed by atoms with van der Waals surface area (Å²) in [7, 11) is -2.04. The van der Waals surface area contributed by atoms with E-state index in [4.69, 9.17) is 13.9 Å². The van der Waals surface area contributed by atoms with Gasteiger partial charge in [-0.2, -0.15) is 13.2 Å². The summed E-state index contributed by atoms with van der Waals surface area (Å²) in [5.74, 6) is -0.425. The summed E-state index contributed by atoms with van der Waals surface area (Å²) in [6.07, 6.45) is -1.39. The molecule has 1 saturated carbocycles. The number of ether oxygens (including phenoxy) is 2. The number of esters is 1. The summed E-state index contributed by atoms with van der Waals surface area (Å²) >= 11 is 0. The van der Waals surface area contributed by atoms with Crippen LogP contribution in [0.3, 0.4) is 0 Å². The van der Waals surface area contributed by atoms with Crippen molar-refractivity contribution in [3.8, 4) is 5.75 Å². The Hall–Kier alpha value is -1.84. The molecule has 184 valence electrons. The first-order chi connectivity index (χ1) is 15.6. The van der Waals surface area contributed by atoms with Crippen molar-refractivity contribution < 1.29 is 37.0 Å². The summed E-state index contributed by atoms with van der Waals surface area (Å²) in [4.78, 5) is 11.7. The molecule has 1 aromatic rings. The van der Waals surface area contributed by atoms with Crippen LogP contribution < -0.4 is 4.74 Å². The van der Waals surface area contributed by atoms with Crippen LogP contribution in [0.25, 0.3) is 0 Å². The minimum atomic E-state index is -4.44. The van der Waals surface area contributed by atoms with Crippen molar-refractivity contribution in [2.24, 2.45) is 11.8 Å². The number of aliphatic hydroxyl groups is 1. The molecule has 5 atom stereocenters. The first-order valence-corrected chi connectivity index (χ1v) is 14.2. The van der Waals surface area contributed by atoms with Gasteiger partial charge >= 0.3 is 12.1 Å². The molecule has 0 amide bonds. The largest absolute Gasteiger partial charge is 0.491 e. The zero-order chi connectivity index (χ0) is 24.2. The molecule has 1 saturated heterocycles. The molecule has 2 fully saturated rings. The summed E-state index contributed by atoms with van der Waals surface area (Å²) in [5.41, 5.74) is -0.765. The van der Waals surface area contributed by atoms with Crippen LogP contribution in [-0.4, -0.2) is 44.3 Å². The molecule has 1 heterocycles. The molecule has 0 radical (unpaired) electrons. The van der Waals surface area contributed by atoms with E-state index >= 15 is 0 Å². The predicted octanol–water partition coefficient (Wildman–Crippen LogP) is 5.34. The third-order valence-electron chi connectivity index (χ3n) is 7.03. The Balaban J connectivity index is 1.76. The topological polar surface area (TPSA) is 65.0 Å². The van der Waals surface area contributed by atoms with Crippen molar-refractivity contribution >= 4 is 14.3 Å². The van der Waals surface area contributed by atoms with Gasteiger partial charge in [0.1, 0.15) is 18.5 Å². The molecule has 1 aliphatic heterocycles. The summed E-state index contributed by atoms with van der Waals surface area (Å²) in [6, 6.07) is 7.53. The third kappa shape index (κ3) is 6.19. The monoisotopic (exact) mass is 486 g/mol. The van der Waals surface area contributed by atoms with Crippen LogP contribution in [0.1, 0.15) is 39.2 Å². The van der Waals surface area contributed by atoms with Gasteiger partial charge in [-0.15, -0.1) is 0 Å². The third-order valence-corrected chi connectivity index (χ3v) is 11.7. The molecule has 9 heteroatoms. The minimum absolute atomic E-state index is 0.0545. The molecule has 0 spiro atoms. The van der Waals surface area contributed by atoms with Crippen LogP contribution in [0.2, 0.25) is 18.1 Å². The Kier molecular flexibility index (Phi) is 8.29. The van der Waals surface area contributed by atoms with E-state index in [1.165, 1.54) is 12.1 Å². The summed E-state index contributed by atoms with van der Waals surface area (Å²) in [6.45, 7) is 6.35. The number of fused-ring (bicyclic) bond motifs is 1. The van der Waals surface area contributed by atoms with Crippen molar-refractivity contribution in [3.05, 3.63) is 42.0 Å². The lowest BCUT2D eigenvalue weighted by Crippen LogP contribution is -2.41. The maximum absolute atomic E-state index is 13.0. The van der Waals surface area contributed by atoms with Crippen LogP contribution in [0.15, 0.2) is 36.4 Å². The second kappa shape index (κ2) is 10.6. The number of hydrogen-bond acceptors (Lipinski definition) is 5. The van der Waals surface area contributed by atoms with E-state index in [0.717, 1.165) is 30.3 Å². The summed E-state index contributed by atoms with van der Waals surface area (Å²) < 4.78 is 56.7. The molecule has 3 rings (SSSR count). The predicted molar refractivity (Wildman–Crippen MR) is 120 cm³/mol. The van der Waals surface area contributed by atoms with Crippen molar-refractivity contribution in [1.29, 1.82) is 0 Å². The average Bonchev–Trinajstić information content (AvgIpc) is 3.27. The zero-order valence-electron chi connectivity index (χ0n) is 19.3. The van der Waals surface area contributed by atoms with E-state index in [-0.39, 0.29) is 42.7 Å². The highest BCUT2D eigenvalue weighted by Gasteiger charge is 2.48. The van der Waals surface area contributed by atoms with Gasteiger partial charge in [0.2, 0.25) is 0 Å². The van der Waals surface area contributed by atoms with E-state index in [9.17, 15) is 23.1 Å². The molecule has 1 aliphatic carbocycles. The lowest BCUT2D eigenvalue weighted by Gasteiger charge is -2.32. The normalized spacial score (nSPS) is 26.5. The highest BCUT2D eigenvalue weighted by Crippen LogP contribution is 2.42. The Bertz CT molecular complexity index is 831. The number of hydrogen-bond donors (Lipinski definition) is 1. The van der Waals surface area contributed by atoms with Gasteiger partial charge in [0.25, 0.3) is 0 Å². The first-order valence-electron chi connectivity index (χ1n) is 11.6. The van der Waals surface area contributed by atoms with Gasteiger partial charge in [0.15, 0.2) is 8.32 Å². The van der Waals surface area contributed by atoms with E-state index < -0.39 is 32.3 Å². The number of aliphatic hydroxyl groups excluding tert-OH is 1. The first kappa shape index (κ1) is 25.8. The lowest BCUT2D eigenvalue weighted by atomic mass is 9.91. The van der Waals surface area contributed by atoms with Gasteiger partial charge in [0, 0.05) is 18.3 Å². The van der Waals surface area contributed by atoms with E-state index in [0.29, 0.717) is 6.42 Å².